The maximum atomic E-state index is 5.46. The van der Waals surface area contributed by atoms with E-state index in [1.165, 1.54) is 28.7 Å². The molecule has 0 aliphatic rings. The molecule has 0 radical (unpaired) electrons. The Morgan fingerprint density at radius 1 is 0.952 bits per heavy atom. The highest BCUT2D eigenvalue weighted by Gasteiger charge is 1.99. The van der Waals surface area contributed by atoms with Crippen LogP contribution in [0.5, 0.6) is 0 Å². The topological polar surface area (TPSA) is 13.1 Å². The fourth-order valence-electron chi connectivity index (χ4n) is 2.22. The number of furan rings is 1. The van der Waals surface area contributed by atoms with E-state index in [1.54, 1.807) is 6.26 Å². The van der Waals surface area contributed by atoms with Crippen molar-refractivity contribution >= 4 is 0 Å². The molecule has 0 aliphatic carbocycles. The summed E-state index contributed by atoms with van der Waals surface area (Å²) >= 11 is 0. The normalized spacial score (nSPS) is 12.6. The van der Waals surface area contributed by atoms with Crippen LogP contribution >= 0.6 is 0 Å². The molecule has 0 saturated heterocycles. The number of hydrogen-bond donors (Lipinski definition) is 0. The van der Waals surface area contributed by atoms with Crippen molar-refractivity contribution in [2.75, 3.05) is 0 Å². The van der Waals surface area contributed by atoms with Gasteiger partial charge < -0.3 is 4.42 Å². The fraction of sp³-hybridized carbons (Fsp3) is 0.500. The lowest BCUT2D eigenvalue weighted by Crippen LogP contribution is -1.84. The van der Waals surface area contributed by atoms with Crippen molar-refractivity contribution in [1.82, 2.24) is 0 Å². The molecule has 0 aromatic carbocycles. The largest absolute Gasteiger partial charge is 0.469 e. The first-order chi connectivity index (χ1) is 9.99. The predicted molar refractivity (Wildman–Crippen MR) is 92.6 cm³/mol. The molecule has 1 nitrogen and oxygen atoms in total. The Hall–Kier alpha value is -1.50. The summed E-state index contributed by atoms with van der Waals surface area (Å²) in [4.78, 5) is 0. The Kier molecular flexibility index (Phi) is 7.89. The van der Waals surface area contributed by atoms with Gasteiger partial charge in [-0.15, -0.1) is 0 Å². The summed E-state index contributed by atoms with van der Waals surface area (Å²) in [6.45, 7) is 10.9. The van der Waals surface area contributed by atoms with Gasteiger partial charge in [0, 0.05) is 6.42 Å². The third-order valence-electron chi connectivity index (χ3n) is 3.73. The minimum Gasteiger partial charge on any atom is -0.469 e. The van der Waals surface area contributed by atoms with Crippen LogP contribution in [0.3, 0.4) is 0 Å². The minimum absolute atomic E-state index is 0.911. The van der Waals surface area contributed by atoms with Crippen molar-refractivity contribution in [3.63, 3.8) is 0 Å². The van der Waals surface area contributed by atoms with Crippen LogP contribution in [0, 0.1) is 6.92 Å². The molecule has 21 heavy (non-hydrogen) atoms. The molecule has 0 bridgehead atoms. The summed E-state index contributed by atoms with van der Waals surface area (Å²) in [5.41, 5.74) is 5.60. The lowest BCUT2D eigenvalue weighted by atomic mass is 10.1. The molecule has 0 fully saturated rings. The second kappa shape index (κ2) is 9.44. The predicted octanol–water partition coefficient (Wildman–Crippen LogP) is 6.55. The molecule has 0 amide bonds. The van der Waals surface area contributed by atoms with Gasteiger partial charge in [0.15, 0.2) is 0 Å². The lowest BCUT2D eigenvalue weighted by molar-refractivity contribution is 0.520. The molecule has 1 rings (SSSR count). The van der Waals surface area contributed by atoms with Crippen LogP contribution in [0.25, 0.3) is 0 Å². The Labute approximate surface area is 130 Å². The summed E-state index contributed by atoms with van der Waals surface area (Å²) in [5.74, 6) is 1.09. The minimum atomic E-state index is 0.911. The Morgan fingerprint density at radius 3 is 2.14 bits per heavy atom. The first-order valence-electron chi connectivity index (χ1n) is 7.96. The van der Waals surface area contributed by atoms with E-state index in [0.717, 1.165) is 31.4 Å². The average molecular weight is 286 g/mol. The van der Waals surface area contributed by atoms with Gasteiger partial charge >= 0.3 is 0 Å². The van der Waals surface area contributed by atoms with E-state index < -0.39 is 0 Å². The lowest BCUT2D eigenvalue weighted by Gasteiger charge is -2.01. The second-order valence-corrected chi connectivity index (χ2v) is 6.19. The molecule has 1 heteroatoms. The molecule has 0 saturated carbocycles. The number of aryl methyl sites for hydroxylation is 1. The van der Waals surface area contributed by atoms with E-state index >= 15 is 0 Å². The van der Waals surface area contributed by atoms with Gasteiger partial charge in [-0.3, -0.25) is 0 Å². The zero-order valence-electron chi connectivity index (χ0n) is 14.3. The van der Waals surface area contributed by atoms with E-state index in [2.05, 4.69) is 52.8 Å². The van der Waals surface area contributed by atoms with Gasteiger partial charge in [0.05, 0.1) is 6.26 Å². The monoisotopic (exact) mass is 286 g/mol. The highest BCUT2D eigenvalue weighted by atomic mass is 16.3. The van der Waals surface area contributed by atoms with E-state index in [0.29, 0.717) is 0 Å². The Balaban J connectivity index is 2.30. The van der Waals surface area contributed by atoms with E-state index in [-0.39, 0.29) is 0 Å². The van der Waals surface area contributed by atoms with Crippen molar-refractivity contribution < 1.29 is 4.42 Å². The molecular formula is C20H30O. The van der Waals surface area contributed by atoms with Crippen molar-refractivity contribution in [3.05, 3.63) is 58.6 Å². The maximum absolute atomic E-state index is 5.46. The summed E-state index contributed by atoms with van der Waals surface area (Å²) in [6.07, 6.45) is 14.3. The number of rotatable bonds is 8. The summed E-state index contributed by atoms with van der Waals surface area (Å²) < 4.78 is 5.46. The summed E-state index contributed by atoms with van der Waals surface area (Å²) in [6, 6.07) is 2.02. The number of allylic oxidation sites excluding steroid dienone is 6. The number of hydrogen-bond acceptors (Lipinski definition) is 1. The molecule has 0 unspecified atom stereocenters. The van der Waals surface area contributed by atoms with Gasteiger partial charge in [-0.25, -0.2) is 0 Å². The van der Waals surface area contributed by atoms with Crippen LogP contribution in [0.2, 0.25) is 0 Å². The first-order valence-corrected chi connectivity index (χ1v) is 7.96. The van der Waals surface area contributed by atoms with Gasteiger partial charge in [0.2, 0.25) is 0 Å². The van der Waals surface area contributed by atoms with E-state index in [9.17, 15) is 0 Å². The standard InChI is InChI=1S/C20H30O/c1-16(2)8-6-9-17(3)10-7-11-18(4)12-13-20-19(5)14-15-21-20/h8,10,12,14-15H,6-7,9,11,13H2,1-5H3/b17-10+,18-12+. The van der Waals surface area contributed by atoms with Crippen LogP contribution < -0.4 is 0 Å². The SMILES string of the molecule is CC(C)=CCC/C(C)=C/CC/C(C)=C/Cc1occc1C. The molecule has 1 heterocycles. The van der Waals surface area contributed by atoms with Crippen molar-refractivity contribution in [1.29, 1.82) is 0 Å². The van der Waals surface area contributed by atoms with Gasteiger partial charge in [0.25, 0.3) is 0 Å². The molecule has 1 aromatic rings. The van der Waals surface area contributed by atoms with Gasteiger partial charge in [-0.05, 0) is 71.9 Å². The van der Waals surface area contributed by atoms with E-state index in [1.807, 2.05) is 6.07 Å². The molecule has 0 atom stereocenters. The molecule has 0 spiro atoms. The van der Waals surface area contributed by atoms with Gasteiger partial charge in [0.1, 0.15) is 5.76 Å². The van der Waals surface area contributed by atoms with Gasteiger partial charge in [-0.1, -0.05) is 34.9 Å². The molecule has 0 N–H and O–H groups in total. The maximum Gasteiger partial charge on any atom is 0.110 e. The third kappa shape index (κ3) is 7.75. The van der Waals surface area contributed by atoms with Crippen LogP contribution in [0.15, 0.2) is 51.7 Å². The van der Waals surface area contributed by atoms with Crippen LogP contribution in [-0.2, 0) is 6.42 Å². The Morgan fingerprint density at radius 2 is 1.57 bits per heavy atom. The van der Waals surface area contributed by atoms with E-state index in [4.69, 9.17) is 4.42 Å². The Bertz CT molecular complexity index is 508. The van der Waals surface area contributed by atoms with Crippen LogP contribution in [0.1, 0.15) is 64.7 Å². The smallest absolute Gasteiger partial charge is 0.110 e. The van der Waals surface area contributed by atoms with Crippen molar-refractivity contribution in [2.24, 2.45) is 0 Å². The average Bonchev–Trinajstić information content (AvgIpc) is 2.81. The highest BCUT2D eigenvalue weighted by Crippen LogP contribution is 2.14. The van der Waals surface area contributed by atoms with Crippen molar-refractivity contribution in [3.8, 4) is 0 Å². The van der Waals surface area contributed by atoms with Crippen LogP contribution in [0.4, 0.5) is 0 Å². The highest BCUT2D eigenvalue weighted by molar-refractivity contribution is 5.18. The van der Waals surface area contributed by atoms with Crippen molar-refractivity contribution in [2.45, 2.75) is 66.7 Å². The third-order valence-corrected chi connectivity index (χ3v) is 3.73. The fourth-order valence-corrected chi connectivity index (χ4v) is 2.22. The zero-order chi connectivity index (χ0) is 15.7. The van der Waals surface area contributed by atoms with Crippen LogP contribution in [-0.4, -0.2) is 0 Å². The summed E-state index contributed by atoms with van der Waals surface area (Å²) in [7, 11) is 0. The molecule has 0 aliphatic heterocycles. The first kappa shape index (κ1) is 17.6. The molecule has 116 valence electrons. The molecular weight excluding hydrogens is 256 g/mol. The second-order valence-electron chi connectivity index (χ2n) is 6.19. The molecule has 1 aromatic heterocycles. The quantitative estimate of drug-likeness (QED) is 0.494. The summed E-state index contributed by atoms with van der Waals surface area (Å²) in [5, 5.41) is 0. The van der Waals surface area contributed by atoms with Gasteiger partial charge in [-0.2, -0.15) is 0 Å². The zero-order valence-corrected chi connectivity index (χ0v) is 14.3.